The molecule has 3 unspecified atom stereocenters. The molecule has 32 heavy (non-hydrogen) atoms. The van der Waals surface area contributed by atoms with E-state index in [-0.39, 0.29) is 51.3 Å². The Hall–Kier alpha value is -3.42. The third kappa shape index (κ3) is 8.75. The van der Waals surface area contributed by atoms with E-state index in [4.69, 9.17) is 22.9 Å². The highest BCUT2D eigenvalue weighted by Crippen LogP contribution is 2.19. The van der Waals surface area contributed by atoms with Crippen LogP contribution in [0.3, 0.4) is 0 Å². The minimum absolute atomic E-state index is 0.117. The van der Waals surface area contributed by atoms with Crippen molar-refractivity contribution in [1.82, 2.24) is 15.5 Å². The smallest absolute Gasteiger partial charge is 0.326 e. The summed E-state index contributed by atoms with van der Waals surface area (Å²) in [6.45, 7) is 0.0725. The molecule has 180 valence electrons. The van der Waals surface area contributed by atoms with Gasteiger partial charge < -0.3 is 43.6 Å². The SMILES string of the molecule is NCC(=O)NC(CCCN=C(N)N)C(=O)NC(CCC(N)=O)C(=O)N1CCCC1C(=O)O. The highest BCUT2D eigenvalue weighted by molar-refractivity contribution is 5.94. The number of aliphatic carboxylic acids is 1. The number of carbonyl (C=O) groups is 5. The number of carboxylic acid groups (broad SMARTS) is 1. The first-order chi connectivity index (χ1) is 15.1. The molecule has 0 aromatic heterocycles. The van der Waals surface area contributed by atoms with Crippen molar-refractivity contribution in [2.24, 2.45) is 27.9 Å². The van der Waals surface area contributed by atoms with E-state index in [9.17, 15) is 29.1 Å². The number of nitrogens with one attached hydrogen (secondary N) is 2. The molecule has 3 atom stereocenters. The molecule has 0 aromatic carbocycles. The number of nitrogens with zero attached hydrogens (tertiary/aromatic N) is 2. The van der Waals surface area contributed by atoms with E-state index in [1.54, 1.807) is 0 Å². The monoisotopic (exact) mass is 456 g/mol. The fourth-order valence-electron chi connectivity index (χ4n) is 3.33. The van der Waals surface area contributed by atoms with Crippen molar-refractivity contribution < 1.29 is 29.1 Å². The maximum atomic E-state index is 13.0. The van der Waals surface area contributed by atoms with Crippen molar-refractivity contribution >= 4 is 35.6 Å². The largest absolute Gasteiger partial charge is 0.480 e. The van der Waals surface area contributed by atoms with E-state index in [0.29, 0.717) is 12.8 Å². The Balaban J connectivity index is 2.96. The maximum Gasteiger partial charge on any atom is 0.326 e. The van der Waals surface area contributed by atoms with Gasteiger partial charge in [0.15, 0.2) is 5.96 Å². The topological polar surface area (TPSA) is 249 Å². The van der Waals surface area contributed by atoms with E-state index in [2.05, 4.69) is 15.6 Å². The van der Waals surface area contributed by atoms with Crippen LogP contribution >= 0.6 is 0 Å². The summed E-state index contributed by atoms with van der Waals surface area (Å²) in [5.74, 6) is -3.85. The van der Waals surface area contributed by atoms with Gasteiger partial charge in [0, 0.05) is 19.5 Å². The number of amides is 4. The Morgan fingerprint density at radius 3 is 2.31 bits per heavy atom. The zero-order valence-electron chi connectivity index (χ0n) is 17.8. The number of nitrogens with two attached hydrogens (primary N) is 4. The van der Waals surface area contributed by atoms with Crippen LogP contribution in [0.1, 0.15) is 38.5 Å². The zero-order chi connectivity index (χ0) is 24.3. The van der Waals surface area contributed by atoms with Gasteiger partial charge in [-0.1, -0.05) is 0 Å². The minimum atomic E-state index is -1.19. The maximum absolute atomic E-state index is 13.0. The van der Waals surface area contributed by atoms with Gasteiger partial charge in [0.1, 0.15) is 18.1 Å². The molecule has 1 fully saturated rings. The molecule has 0 spiro atoms. The second-order valence-corrected chi connectivity index (χ2v) is 7.37. The third-order valence-electron chi connectivity index (χ3n) is 4.90. The Kier molecular flexibility index (Phi) is 10.9. The average molecular weight is 457 g/mol. The Morgan fingerprint density at radius 2 is 1.75 bits per heavy atom. The molecule has 1 heterocycles. The number of guanidine groups is 1. The molecule has 1 saturated heterocycles. The van der Waals surface area contributed by atoms with Gasteiger partial charge in [0.25, 0.3) is 0 Å². The van der Waals surface area contributed by atoms with E-state index in [1.807, 2.05) is 0 Å². The van der Waals surface area contributed by atoms with Crippen molar-refractivity contribution in [3.05, 3.63) is 0 Å². The molecule has 1 rings (SSSR count). The molecule has 0 bridgehead atoms. The van der Waals surface area contributed by atoms with E-state index >= 15 is 0 Å². The second-order valence-electron chi connectivity index (χ2n) is 7.37. The van der Waals surface area contributed by atoms with Crippen LogP contribution in [0, 0.1) is 0 Å². The highest BCUT2D eigenvalue weighted by atomic mass is 16.4. The number of likely N-dealkylation sites (tertiary alicyclic amines) is 1. The first-order valence-electron chi connectivity index (χ1n) is 10.2. The number of carbonyl (C=O) groups excluding carboxylic acids is 4. The predicted molar refractivity (Wildman–Crippen MR) is 114 cm³/mol. The Bertz CT molecular complexity index is 739. The molecule has 0 aliphatic carbocycles. The van der Waals surface area contributed by atoms with E-state index in [0.717, 1.165) is 0 Å². The third-order valence-corrected chi connectivity index (χ3v) is 4.90. The summed E-state index contributed by atoms with van der Waals surface area (Å²) in [4.78, 5) is 65.2. The van der Waals surface area contributed by atoms with Crippen LogP contribution in [-0.4, -0.2) is 83.3 Å². The fourth-order valence-corrected chi connectivity index (χ4v) is 3.33. The number of primary amides is 1. The number of hydrogen-bond acceptors (Lipinski definition) is 7. The summed E-state index contributed by atoms with van der Waals surface area (Å²) in [5, 5.41) is 14.3. The van der Waals surface area contributed by atoms with E-state index in [1.165, 1.54) is 4.90 Å². The summed E-state index contributed by atoms with van der Waals surface area (Å²) in [5.41, 5.74) is 21.0. The van der Waals surface area contributed by atoms with Crippen LogP contribution in [-0.2, 0) is 24.0 Å². The van der Waals surface area contributed by atoms with Gasteiger partial charge in [0.05, 0.1) is 6.54 Å². The van der Waals surface area contributed by atoms with Gasteiger partial charge in [-0.15, -0.1) is 0 Å². The summed E-state index contributed by atoms with van der Waals surface area (Å²) in [6.07, 6.45) is 0.956. The van der Waals surface area contributed by atoms with Gasteiger partial charge in [-0.3, -0.25) is 24.2 Å². The number of carboxylic acids is 1. The second kappa shape index (κ2) is 13.1. The Labute approximate surface area is 185 Å². The zero-order valence-corrected chi connectivity index (χ0v) is 17.8. The van der Waals surface area contributed by atoms with Gasteiger partial charge in [-0.25, -0.2) is 4.79 Å². The summed E-state index contributed by atoms with van der Waals surface area (Å²) >= 11 is 0. The molecule has 4 amide bonds. The molecule has 0 aromatic rings. The van der Waals surface area contributed by atoms with Crippen molar-refractivity contribution in [1.29, 1.82) is 0 Å². The van der Waals surface area contributed by atoms with Gasteiger partial charge in [-0.2, -0.15) is 0 Å². The van der Waals surface area contributed by atoms with Crippen molar-refractivity contribution in [2.75, 3.05) is 19.6 Å². The normalized spacial score (nSPS) is 17.2. The van der Waals surface area contributed by atoms with Crippen LogP contribution in [0.25, 0.3) is 0 Å². The Morgan fingerprint density at radius 1 is 1.06 bits per heavy atom. The number of rotatable bonds is 13. The van der Waals surface area contributed by atoms with Gasteiger partial charge in [-0.05, 0) is 32.1 Å². The summed E-state index contributed by atoms with van der Waals surface area (Å²) in [6, 6.07) is -3.24. The van der Waals surface area contributed by atoms with Crippen LogP contribution in [0.5, 0.6) is 0 Å². The molecular formula is C18H32N8O6. The number of aliphatic imine (C=N–C) groups is 1. The molecule has 1 aliphatic heterocycles. The lowest BCUT2D eigenvalue weighted by molar-refractivity contribution is -0.149. The predicted octanol–water partition coefficient (Wildman–Crippen LogP) is -3.69. The molecule has 1 aliphatic rings. The first-order valence-corrected chi connectivity index (χ1v) is 10.2. The van der Waals surface area contributed by atoms with Crippen LogP contribution < -0.4 is 33.6 Å². The molecule has 11 N–H and O–H groups in total. The van der Waals surface area contributed by atoms with Crippen LogP contribution in [0.4, 0.5) is 0 Å². The van der Waals surface area contributed by atoms with Gasteiger partial charge in [0.2, 0.25) is 23.6 Å². The quantitative estimate of drug-likeness (QED) is 0.0817. The van der Waals surface area contributed by atoms with Crippen LogP contribution in [0.15, 0.2) is 4.99 Å². The van der Waals surface area contributed by atoms with Crippen LogP contribution in [0.2, 0.25) is 0 Å². The number of hydrogen-bond donors (Lipinski definition) is 7. The van der Waals surface area contributed by atoms with E-state index < -0.39 is 47.7 Å². The van der Waals surface area contributed by atoms with Crippen molar-refractivity contribution in [3.63, 3.8) is 0 Å². The average Bonchev–Trinajstić information content (AvgIpc) is 3.22. The first kappa shape index (κ1) is 26.6. The van der Waals surface area contributed by atoms with Crippen molar-refractivity contribution in [3.8, 4) is 0 Å². The molecule has 14 heteroatoms. The molecular weight excluding hydrogens is 424 g/mol. The minimum Gasteiger partial charge on any atom is -0.480 e. The lowest BCUT2D eigenvalue weighted by Gasteiger charge is -2.28. The highest BCUT2D eigenvalue weighted by Gasteiger charge is 2.38. The lowest BCUT2D eigenvalue weighted by Crippen LogP contribution is -2.56. The molecule has 14 nitrogen and oxygen atoms in total. The summed E-state index contributed by atoms with van der Waals surface area (Å²) in [7, 11) is 0. The van der Waals surface area contributed by atoms with Crippen molar-refractivity contribution in [2.45, 2.75) is 56.7 Å². The molecule has 0 radical (unpaired) electrons. The standard InChI is InChI=1S/C18H32N8O6/c19-9-14(28)24-10(3-1-7-23-18(21)22)15(29)25-11(5-6-13(20)27)16(30)26-8-2-4-12(26)17(31)32/h10-12H,1-9,19H2,(H2,20,27)(H,24,28)(H,25,29)(H,31,32)(H4,21,22,23). The lowest BCUT2D eigenvalue weighted by atomic mass is 10.1. The van der Waals surface area contributed by atoms with Gasteiger partial charge >= 0.3 is 5.97 Å². The summed E-state index contributed by atoms with van der Waals surface area (Å²) < 4.78 is 0. The fraction of sp³-hybridized carbons (Fsp3) is 0.667. The molecule has 0 saturated carbocycles.